The predicted molar refractivity (Wildman–Crippen MR) is 95.3 cm³/mol. The van der Waals surface area contributed by atoms with Gasteiger partial charge >= 0.3 is 0 Å². The molecule has 3 rings (SSSR count). The number of aromatic nitrogens is 1. The Morgan fingerprint density at radius 3 is 2.60 bits per heavy atom. The van der Waals surface area contributed by atoms with Gasteiger partial charge in [0.15, 0.2) is 0 Å². The molecule has 1 aromatic heterocycles. The molecule has 1 aliphatic rings. The number of amides is 1. The van der Waals surface area contributed by atoms with Gasteiger partial charge in [-0.1, -0.05) is 24.3 Å². The van der Waals surface area contributed by atoms with Crippen molar-refractivity contribution in [2.24, 2.45) is 0 Å². The first-order chi connectivity index (χ1) is 12.1. The number of pyridine rings is 1. The van der Waals surface area contributed by atoms with Crippen LogP contribution in [0.1, 0.15) is 37.1 Å². The summed E-state index contributed by atoms with van der Waals surface area (Å²) in [5.41, 5.74) is 1.51. The van der Waals surface area contributed by atoms with Crippen LogP contribution in [0.25, 0.3) is 0 Å². The van der Waals surface area contributed by atoms with Gasteiger partial charge in [0.2, 0.25) is 5.91 Å². The summed E-state index contributed by atoms with van der Waals surface area (Å²) in [6.07, 6.45) is 4.01. The first-order valence-electron chi connectivity index (χ1n) is 8.70. The highest BCUT2D eigenvalue weighted by molar-refractivity contribution is 5.78. The number of nitrogens with zero attached hydrogens (tertiary/aromatic N) is 3. The highest BCUT2D eigenvalue weighted by atomic mass is 19.1. The standard InChI is InChI=1S/C20H24FN3O/c1-15(19-9-5-6-12-22-19)24(17-10-11-17)14-20(25)23(2)13-16-7-3-4-8-18(16)21/h3-9,12,15,17H,10-11,13-14H2,1-2H3. The topological polar surface area (TPSA) is 36.4 Å². The SMILES string of the molecule is CC(c1ccccn1)N(CC(=O)N(C)Cc1ccccc1F)C1CC1. The van der Waals surface area contributed by atoms with Crippen LogP contribution in [-0.2, 0) is 11.3 Å². The van der Waals surface area contributed by atoms with E-state index in [1.54, 1.807) is 36.3 Å². The summed E-state index contributed by atoms with van der Waals surface area (Å²) in [7, 11) is 1.73. The summed E-state index contributed by atoms with van der Waals surface area (Å²) in [5, 5.41) is 0. The molecule has 1 atom stereocenters. The molecular weight excluding hydrogens is 317 g/mol. The van der Waals surface area contributed by atoms with Crippen LogP contribution in [0.15, 0.2) is 48.7 Å². The molecule has 1 unspecified atom stereocenters. The van der Waals surface area contributed by atoms with E-state index < -0.39 is 0 Å². The summed E-state index contributed by atoms with van der Waals surface area (Å²) in [5.74, 6) is -0.277. The second kappa shape index (κ2) is 7.74. The van der Waals surface area contributed by atoms with Crippen molar-refractivity contribution in [1.82, 2.24) is 14.8 Å². The lowest BCUT2D eigenvalue weighted by Gasteiger charge is -2.30. The third-order valence-electron chi connectivity index (χ3n) is 4.74. The lowest BCUT2D eigenvalue weighted by Crippen LogP contribution is -2.40. The van der Waals surface area contributed by atoms with Crippen molar-refractivity contribution in [3.63, 3.8) is 0 Å². The van der Waals surface area contributed by atoms with Crippen LogP contribution in [0.2, 0.25) is 0 Å². The Hall–Kier alpha value is -2.27. The Morgan fingerprint density at radius 1 is 1.24 bits per heavy atom. The smallest absolute Gasteiger partial charge is 0.236 e. The van der Waals surface area contributed by atoms with Gasteiger partial charge in [0.25, 0.3) is 0 Å². The van der Waals surface area contributed by atoms with Crippen molar-refractivity contribution in [3.05, 3.63) is 65.7 Å². The molecule has 1 amide bonds. The number of carbonyl (C=O) groups excluding carboxylic acids is 1. The molecule has 0 radical (unpaired) electrons. The fourth-order valence-corrected chi connectivity index (χ4v) is 3.03. The zero-order valence-electron chi connectivity index (χ0n) is 14.7. The number of rotatable bonds is 7. The molecule has 2 aromatic rings. The summed E-state index contributed by atoms with van der Waals surface area (Å²) in [6.45, 7) is 2.69. The minimum atomic E-state index is -0.275. The Balaban J connectivity index is 1.66. The normalized spacial score (nSPS) is 15.2. The molecule has 25 heavy (non-hydrogen) atoms. The lowest BCUT2D eigenvalue weighted by molar-refractivity contribution is -0.132. The molecule has 4 nitrogen and oxygen atoms in total. The van der Waals surface area contributed by atoms with Crippen LogP contribution in [0.5, 0.6) is 0 Å². The van der Waals surface area contributed by atoms with Gasteiger partial charge in [-0.05, 0) is 38.0 Å². The van der Waals surface area contributed by atoms with Crippen LogP contribution in [-0.4, -0.2) is 40.3 Å². The maximum atomic E-state index is 13.8. The highest BCUT2D eigenvalue weighted by Gasteiger charge is 2.35. The fourth-order valence-electron chi connectivity index (χ4n) is 3.03. The molecule has 0 saturated heterocycles. The quantitative estimate of drug-likeness (QED) is 0.774. The van der Waals surface area contributed by atoms with E-state index in [0.29, 0.717) is 18.2 Å². The molecule has 0 spiro atoms. The molecule has 1 aromatic carbocycles. The molecule has 1 heterocycles. The van der Waals surface area contributed by atoms with E-state index in [-0.39, 0.29) is 24.3 Å². The third-order valence-corrected chi connectivity index (χ3v) is 4.74. The lowest BCUT2D eigenvalue weighted by atomic mass is 10.1. The number of benzene rings is 1. The van der Waals surface area contributed by atoms with E-state index in [1.807, 2.05) is 18.2 Å². The molecule has 5 heteroatoms. The van der Waals surface area contributed by atoms with Gasteiger partial charge in [-0.2, -0.15) is 0 Å². The first-order valence-corrected chi connectivity index (χ1v) is 8.70. The molecular formula is C20H24FN3O. The van der Waals surface area contributed by atoms with Crippen molar-refractivity contribution < 1.29 is 9.18 Å². The van der Waals surface area contributed by atoms with Crippen LogP contribution < -0.4 is 0 Å². The van der Waals surface area contributed by atoms with Crippen molar-refractivity contribution >= 4 is 5.91 Å². The summed E-state index contributed by atoms with van der Waals surface area (Å²) in [6, 6.07) is 13.0. The maximum absolute atomic E-state index is 13.8. The number of likely N-dealkylation sites (N-methyl/N-ethyl adjacent to an activating group) is 1. The molecule has 1 saturated carbocycles. The van der Waals surface area contributed by atoms with Crippen LogP contribution in [0, 0.1) is 5.82 Å². The third kappa shape index (κ3) is 4.42. The molecule has 132 valence electrons. The Bertz CT molecular complexity index is 718. The zero-order valence-corrected chi connectivity index (χ0v) is 14.7. The van der Waals surface area contributed by atoms with E-state index in [9.17, 15) is 9.18 Å². The van der Waals surface area contributed by atoms with Crippen LogP contribution in [0.4, 0.5) is 4.39 Å². The minimum Gasteiger partial charge on any atom is -0.340 e. The Labute approximate surface area is 148 Å². The van der Waals surface area contributed by atoms with Gasteiger partial charge in [0, 0.05) is 31.4 Å². The second-order valence-corrected chi connectivity index (χ2v) is 6.68. The summed E-state index contributed by atoms with van der Waals surface area (Å²) in [4.78, 5) is 20.9. The second-order valence-electron chi connectivity index (χ2n) is 6.68. The summed E-state index contributed by atoms with van der Waals surface area (Å²) >= 11 is 0. The molecule has 0 aliphatic heterocycles. The first kappa shape index (κ1) is 17.5. The number of hydrogen-bond donors (Lipinski definition) is 0. The van der Waals surface area contributed by atoms with Crippen molar-refractivity contribution in [2.45, 2.75) is 38.4 Å². The predicted octanol–water partition coefficient (Wildman–Crippen LogP) is 3.40. The van der Waals surface area contributed by atoms with Crippen LogP contribution in [0.3, 0.4) is 0 Å². The van der Waals surface area contributed by atoms with Crippen molar-refractivity contribution in [2.75, 3.05) is 13.6 Å². The van der Waals surface area contributed by atoms with Gasteiger partial charge in [0.1, 0.15) is 5.82 Å². The zero-order chi connectivity index (χ0) is 17.8. The van der Waals surface area contributed by atoms with Crippen molar-refractivity contribution in [1.29, 1.82) is 0 Å². The van der Waals surface area contributed by atoms with E-state index >= 15 is 0 Å². The van der Waals surface area contributed by atoms with Gasteiger partial charge in [-0.25, -0.2) is 4.39 Å². The molecule has 0 N–H and O–H groups in total. The van der Waals surface area contributed by atoms with Gasteiger partial charge in [0.05, 0.1) is 18.3 Å². The molecule has 1 fully saturated rings. The highest BCUT2D eigenvalue weighted by Crippen LogP contribution is 2.33. The van der Waals surface area contributed by atoms with Crippen molar-refractivity contribution in [3.8, 4) is 0 Å². The van der Waals surface area contributed by atoms with Crippen LogP contribution >= 0.6 is 0 Å². The monoisotopic (exact) mass is 341 g/mol. The van der Waals surface area contributed by atoms with E-state index in [1.165, 1.54) is 6.07 Å². The Kier molecular flexibility index (Phi) is 5.43. The maximum Gasteiger partial charge on any atom is 0.236 e. The number of halogens is 1. The van der Waals surface area contributed by atoms with Gasteiger partial charge in [-0.3, -0.25) is 14.7 Å². The number of carbonyl (C=O) groups is 1. The van der Waals surface area contributed by atoms with E-state index in [4.69, 9.17) is 0 Å². The molecule has 0 bridgehead atoms. The summed E-state index contributed by atoms with van der Waals surface area (Å²) < 4.78 is 13.8. The average Bonchev–Trinajstić information content (AvgIpc) is 3.46. The minimum absolute atomic E-state index is 0.00191. The largest absolute Gasteiger partial charge is 0.340 e. The molecule has 1 aliphatic carbocycles. The van der Waals surface area contributed by atoms with E-state index in [0.717, 1.165) is 18.5 Å². The van der Waals surface area contributed by atoms with Gasteiger partial charge in [-0.15, -0.1) is 0 Å². The average molecular weight is 341 g/mol. The number of hydrogen-bond acceptors (Lipinski definition) is 3. The fraction of sp³-hybridized carbons (Fsp3) is 0.400. The Morgan fingerprint density at radius 2 is 1.96 bits per heavy atom. The van der Waals surface area contributed by atoms with Gasteiger partial charge < -0.3 is 4.90 Å². The van der Waals surface area contributed by atoms with E-state index in [2.05, 4.69) is 16.8 Å².